The lowest BCUT2D eigenvalue weighted by Crippen LogP contribution is -2.33. The van der Waals surface area contributed by atoms with Gasteiger partial charge in [-0.25, -0.2) is 0 Å². The van der Waals surface area contributed by atoms with Crippen molar-refractivity contribution in [1.82, 2.24) is 5.32 Å². The smallest absolute Gasteiger partial charge is 0.309 e. The molecule has 0 aromatic heterocycles. The molecule has 0 aliphatic carbocycles. The average Bonchev–Trinajstić information content (AvgIpc) is 2.03. The van der Waals surface area contributed by atoms with Gasteiger partial charge in [-0.2, -0.15) is 0 Å². The van der Waals surface area contributed by atoms with Crippen LogP contribution in [0.25, 0.3) is 0 Å². The molecule has 0 aromatic carbocycles. The Labute approximate surface area is 83.7 Å². The summed E-state index contributed by atoms with van der Waals surface area (Å²) < 4.78 is 0. The second-order valence-corrected chi connectivity index (χ2v) is 3.67. The topological polar surface area (TPSA) is 66.4 Å². The Morgan fingerprint density at radius 2 is 2.07 bits per heavy atom. The normalized spacial score (nSPS) is 10.4. The zero-order valence-corrected chi connectivity index (χ0v) is 8.46. The molecule has 0 saturated carbocycles. The van der Waals surface area contributed by atoms with Gasteiger partial charge < -0.3 is 10.4 Å². The first-order chi connectivity index (χ1) is 6.40. The third-order valence-corrected chi connectivity index (χ3v) is 1.77. The molecule has 2 N–H and O–H groups in total. The van der Waals surface area contributed by atoms with Gasteiger partial charge in [0, 0.05) is 19.4 Å². The molecule has 0 fully saturated rings. The highest BCUT2D eigenvalue weighted by molar-refractivity contribution is 5.84. The van der Waals surface area contributed by atoms with E-state index < -0.39 is 11.4 Å². The van der Waals surface area contributed by atoms with Crippen molar-refractivity contribution in [1.29, 1.82) is 0 Å². The van der Waals surface area contributed by atoms with Crippen molar-refractivity contribution in [3.05, 3.63) is 0 Å². The number of nitrogens with one attached hydrogen (secondary N) is 1. The Bertz CT molecular complexity index is 263. The molecule has 0 atom stereocenters. The summed E-state index contributed by atoms with van der Waals surface area (Å²) in [5.41, 5.74) is -1.03. The number of carboxylic acids is 1. The molecule has 4 heteroatoms. The highest BCUT2D eigenvalue weighted by atomic mass is 16.4. The van der Waals surface area contributed by atoms with E-state index in [4.69, 9.17) is 11.5 Å². The Morgan fingerprint density at radius 3 is 2.50 bits per heavy atom. The second kappa shape index (κ2) is 5.28. The monoisotopic (exact) mass is 197 g/mol. The van der Waals surface area contributed by atoms with Crippen molar-refractivity contribution in [2.45, 2.75) is 26.7 Å². The van der Waals surface area contributed by atoms with Crippen LogP contribution < -0.4 is 5.32 Å². The third kappa shape index (κ3) is 4.51. The van der Waals surface area contributed by atoms with E-state index in [0.717, 1.165) is 0 Å². The van der Waals surface area contributed by atoms with E-state index in [1.54, 1.807) is 0 Å². The van der Waals surface area contributed by atoms with Gasteiger partial charge in [-0.3, -0.25) is 9.59 Å². The highest BCUT2D eigenvalue weighted by Gasteiger charge is 2.29. The predicted molar refractivity (Wildman–Crippen MR) is 52.5 cm³/mol. The van der Waals surface area contributed by atoms with E-state index in [2.05, 4.69) is 11.2 Å². The minimum Gasteiger partial charge on any atom is -0.481 e. The van der Waals surface area contributed by atoms with Gasteiger partial charge in [-0.05, 0) is 13.8 Å². The van der Waals surface area contributed by atoms with Crippen LogP contribution in [0.5, 0.6) is 0 Å². The van der Waals surface area contributed by atoms with E-state index in [1.807, 2.05) is 0 Å². The fourth-order valence-corrected chi connectivity index (χ4v) is 0.814. The highest BCUT2D eigenvalue weighted by Crippen LogP contribution is 2.19. The average molecular weight is 197 g/mol. The van der Waals surface area contributed by atoms with Crippen LogP contribution in [0.4, 0.5) is 0 Å². The minimum absolute atomic E-state index is 0.0348. The maximum atomic E-state index is 11.2. The largest absolute Gasteiger partial charge is 0.481 e. The molecule has 4 nitrogen and oxygen atoms in total. The summed E-state index contributed by atoms with van der Waals surface area (Å²) in [5, 5.41) is 11.3. The first-order valence-corrected chi connectivity index (χ1v) is 4.33. The summed E-state index contributed by atoms with van der Waals surface area (Å²) in [4.78, 5) is 21.9. The molecule has 0 bridgehead atoms. The molecule has 1 amide bonds. The van der Waals surface area contributed by atoms with Crippen LogP contribution >= 0.6 is 0 Å². The van der Waals surface area contributed by atoms with Crippen LogP contribution in [0.3, 0.4) is 0 Å². The number of aliphatic carboxylic acids is 1. The van der Waals surface area contributed by atoms with Gasteiger partial charge in [-0.15, -0.1) is 12.3 Å². The number of carbonyl (C=O) groups is 2. The first-order valence-electron chi connectivity index (χ1n) is 4.33. The number of carbonyl (C=O) groups excluding carboxylic acids is 1. The summed E-state index contributed by atoms with van der Waals surface area (Å²) in [5.74, 6) is 1.11. The molecular formula is C10H15NO3. The van der Waals surface area contributed by atoms with Crippen LogP contribution in [0, 0.1) is 17.8 Å². The number of terminal acetylenes is 1. The Kier molecular flexibility index (Phi) is 4.71. The number of hydrogen-bond donors (Lipinski definition) is 2. The maximum Gasteiger partial charge on any atom is 0.309 e. The summed E-state index contributed by atoms with van der Waals surface area (Å²) in [6.45, 7) is 3.41. The Morgan fingerprint density at radius 1 is 1.50 bits per heavy atom. The Balaban J connectivity index is 3.95. The standard InChI is InChI=1S/C10H15NO3/c1-4-5-6-11-8(12)7-10(2,3)9(13)14/h1H,5-7H2,2-3H3,(H,11,12)(H,13,14). The van der Waals surface area contributed by atoms with E-state index in [9.17, 15) is 9.59 Å². The summed E-state index contributed by atoms with van der Waals surface area (Å²) >= 11 is 0. The lowest BCUT2D eigenvalue weighted by atomic mass is 9.89. The van der Waals surface area contributed by atoms with Crippen molar-refractivity contribution in [3.63, 3.8) is 0 Å². The minimum atomic E-state index is -1.03. The molecule has 0 aromatic rings. The van der Waals surface area contributed by atoms with Gasteiger partial charge in [-0.1, -0.05) is 0 Å². The quantitative estimate of drug-likeness (QED) is 0.501. The fraction of sp³-hybridized carbons (Fsp3) is 0.600. The zero-order valence-electron chi connectivity index (χ0n) is 8.46. The maximum absolute atomic E-state index is 11.2. The third-order valence-electron chi connectivity index (χ3n) is 1.77. The molecule has 0 heterocycles. The van der Waals surface area contributed by atoms with E-state index in [-0.39, 0.29) is 12.3 Å². The molecule has 0 spiro atoms. The fourth-order valence-electron chi connectivity index (χ4n) is 0.814. The lowest BCUT2D eigenvalue weighted by Gasteiger charge is -2.17. The van der Waals surface area contributed by atoms with Crippen molar-refractivity contribution in [2.75, 3.05) is 6.54 Å². The second-order valence-electron chi connectivity index (χ2n) is 3.67. The molecule has 78 valence electrons. The molecule has 14 heavy (non-hydrogen) atoms. The van der Waals surface area contributed by atoms with Gasteiger partial charge in [0.1, 0.15) is 0 Å². The molecule has 0 aliphatic rings. The number of hydrogen-bond acceptors (Lipinski definition) is 2. The van der Waals surface area contributed by atoms with Gasteiger partial charge in [0.2, 0.25) is 5.91 Å². The van der Waals surface area contributed by atoms with Crippen LogP contribution in [0.1, 0.15) is 26.7 Å². The summed E-state index contributed by atoms with van der Waals surface area (Å²) in [6.07, 6.45) is 5.42. The summed E-state index contributed by atoms with van der Waals surface area (Å²) in [6, 6.07) is 0. The molecule has 0 saturated heterocycles. The van der Waals surface area contributed by atoms with Crippen molar-refractivity contribution >= 4 is 11.9 Å². The molecule has 0 aliphatic heterocycles. The molecule has 0 rings (SSSR count). The van der Waals surface area contributed by atoms with Crippen LogP contribution in [-0.2, 0) is 9.59 Å². The van der Waals surface area contributed by atoms with E-state index >= 15 is 0 Å². The number of amides is 1. The van der Waals surface area contributed by atoms with Gasteiger partial charge in [0.15, 0.2) is 0 Å². The van der Waals surface area contributed by atoms with E-state index in [0.29, 0.717) is 13.0 Å². The van der Waals surface area contributed by atoms with Crippen LogP contribution in [0.15, 0.2) is 0 Å². The number of carboxylic acid groups (broad SMARTS) is 1. The van der Waals surface area contributed by atoms with Crippen molar-refractivity contribution in [2.24, 2.45) is 5.41 Å². The zero-order chi connectivity index (χ0) is 11.2. The van der Waals surface area contributed by atoms with E-state index in [1.165, 1.54) is 13.8 Å². The molecule has 0 unspecified atom stereocenters. The number of rotatable bonds is 5. The van der Waals surface area contributed by atoms with Crippen LogP contribution in [0.2, 0.25) is 0 Å². The van der Waals surface area contributed by atoms with Crippen molar-refractivity contribution < 1.29 is 14.7 Å². The molecular weight excluding hydrogens is 182 g/mol. The van der Waals surface area contributed by atoms with Gasteiger partial charge in [0.05, 0.1) is 5.41 Å². The predicted octanol–water partition coefficient (Wildman–Crippen LogP) is 0.627. The van der Waals surface area contributed by atoms with Crippen LogP contribution in [-0.4, -0.2) is 23.5 Å². The first kappa shape index (κ1) is 12.5. The Hall–Kier alpha value is -1.50. The molecule has 0 radical (unpaired) electrons. The van der Waals surface area contributed by atoms with Gasteiger partial charge >= 0.3 is 5.97 Å². The van der Waals surface area contributed by atoms with Gasteiger partial charge in [0.25, 0.3) is 0 Å². The van der Waals surface area contributed by atoms with Crippen molar-refractivity contribution in [3.8, 4) is 12.3 Å². The SMILES string of the molecule is C#CCCNC(=O)CC(C)(C)C(=O)O. The lowest BCUT2D eigenvalue weighted by molar-refractivity contribution is -0.149. The summed E-state index contributed by atoms with van der Waals surface area (Å²) in [7, 11) is 0.